The zero-order valence-corrected chi connectivity index (χ0v) is 15.8. The number of rotatable bonds is 5. The predicted molar refractivity (Wildman–Crippen MR) is 112 cm³/mol. The monoisotopic (exact) mass is 398 g/mol. The molecule has 2 nitrogen and oxygen atoms in total. The lowest BCUT2D eigenvalue weighted by atomic mass is 9.88. The lowest BCUT2D eigenvalue weighted by Crippen LogP contribution is -2.08. The molecule has 0 aromatic heterocycles. The summed E-state index contributed by atoms with van der Waals surface area (Å²) in [7, 11) is 0. The molecule has 0 heterocycles. The van der Waals surface area contributed by atoms with Gasteiger partial charge in [0.15, 0.2) is 11.6 Å². The molecule has 30 heavy (non-hydrogen) atoms. The molecule has 4 aromatic carbocycles. The molecule has 4 aromatic rings. The Morgan fingerprint density at radius 2 is 0.867 bits per heavy atom. The van der Waals surface area contributed by atoms with Crippen molar-refractivity contribution >= 4 is 11.6 Å². The van der Waals surface area contributed by atoms with Gasteiger partial charge < -0.3 is 0 Å². The van der Waals surface area contributed by atoms with Gasteiger partial charge in [0.05, 0.1) is 0 Å². The summed E-state index contributed by atoms with van der Waals surface area (Å²) in [5.41, 5.74) is 1.55. The average Bonchev–Trinajstić information content (AvgIpc) is 2.79. The van der Waals surface area contributed by atoms with Crippen LogP contribution in [0.3, 0.4) is 0 Å². The smallest absolute Gasteiger partial charge is 0.193 e. The number of carbonyl (C=O) groups is 2. The van der Waals surface area contributed by atoms with Crippen molar-refractivity contribution in [2.24, 2.45) is 0 Å². The van der Waals surface area contributed by atoms with Crippen molar-refractivity contribution in [3.8, 4) is 11.1 Å². The van der Waals surface area contributed by atoms with E-state index in [1.807, 2.05) is 0 Å². The maximum absolute atomic E-state index is 14.2. The molecule has 0 aliphatic heterocycles. The number of halogens is 2. The lowest BCUT2D eigenvalue weighted by molar-refractivity contribution is 0.102. The molecule has 0 radical (unpaired) electrons. The molecule has 0 spiro atoms. The molecule has 0 unspecified atom stereocenters. The van der Waals surface area contributed by atoms with Crippen molar-refractivity contribution in [3.05, 3.63) is 131 Å². The Hall–Kier alpha value is -3.92. The summed E-state index contributed by atoms with van der Waals surface area (Å²) in [6.07, 6.45) is 0. The number of carbonyl (C=O) groups excluding carboxylic acids is 2. The van der Waals surface area contributed by atoms with Crippen LogP contribution in [0.4, 0.5) is 8.78 Å². The standard InChI is InChI=1S/C26H16F2O2/c27-19-11-13-21(25(29)17-7-3-1-4-8-17)23(15-19)24-16-20(28)12-14-22(24)26(30)18-9-5-2-6-10-18/h1-16H. The molecule has 0 bridgehead atoms. The van der Waals surface area contributed by atoms with E-state index in [1.54, 1.807) is 60.7 Å². The topological polar surface area (TPSA) is 34.1 Å². The van der Waals surface area contributed by atoms with E-state index in [1.165, 1.54) is 24.3 Å². The van der Waals surface area contributed by atoms with E-state index in [4.69, 9.17) is 0 Å². The van der Waals surface area contributed by atoms with E-state index in [0.29, 0.717) is 11.1 Å². The first-order valence-corrected chi connectivity index (χ1v) is 9.33. The van der Waals surface area contributed by atoms with Crippen LogP contribution in [0.2, 0.25) is 0 Å². The fourth-order valence-electron chi connectivity index (χ4n) is 3.36. The molecule has 0 atom stereocenters. The second kappa shape index (κ2) is 8.21. The van der Waals surface area contributed by atoms with Crippen LogP contribution in [0.5, 0.6) is 0 Å². The van der Waals surface area contributed by atoms with Crippen molar-refractivity contribution in [3.63, 3.8) is 0 Å². The van der Waals surface area contributed by atoms with E-state index in [-0.39, 0.29) is 33.8 Å². The van der Waals surface area contributed by atoms with Gasteiger partial charge in [0, 0.05) is 22.3 Å². The van der Waals surface area contributed by atoms with Crippen molar-refractivity contribution in [2.45, 2.75) is 0 Å². The number of ketones is 2. The number of benzene rings is 4. The molecule has 0 aliphatic carbocycles. The second-order valence-corrected chi connectivity index (χ2v) is 6.77. The van der Waals surface area contributed by atoms with Crippen LogP contribution in [-0.2, 0) is 0 Å². The van der Waals surface area contributed by atoms with Crippen molar-refractivity contribution in [1.29, 1.82) is 0 Å². The molecule has 4 heteroatoms. The minimum Gasteiger partial charge on any atom is -0.289 e. The second-order valence-electron chi connectivity index (χ2n) is 6.77. The molecule has 0 aliphatic rings. The van der Waals surface area contributed by atoms with Gasteiger partial charge in [0.25, 0.3) is 0 Å². The van der Waals surface area contributed by atoms with Crippen molar-refractivity contribution in [2.75, 3.05) is 0 Å². The Morgan fingerprint density at radius 3 is 1.23 bits per heavy atom. The molecule has 0 N–H and O–H groups in total. The quantitative estimate of drug-likeness (QED) is 0.381. The van der Waals surface area contributed by atoms with Crippen LogP contribution in [-0.4, -0.2) is 11.6 Å². The Labute approximate surface area is 172 Å². The first-order valence-electron chi connectivity index (χ1n) is 9.33. The van der Waals surface area contributed by atoms with E-state index in [0.717, 1.165) is 12.1 Å². The van der Waals surface area contributed by atoms with Gasteiger partial charge in [-0.15, -0.1) is 0 Å². The van der Waals surface area contributed by atoms with Gasteiger partial charge in [-0.1, -0.05) is 60.7 Å². The average molecular weight is 398 g/mol. The van der Waals surface area contributed by atoms with Gasteiger partial charge in [0.2, 0.25) is 0 Å². The number of hydrogen-bond donors (Lipinski definition) is 0. The highest BCUT2D eigenvalue weighted by atomic mass is 19.1. The first-order chi connectivity index (χ1) is 14.5. The molecular weight excluding hydrogens is 382 g/mol. The summed E-state index contributed by atoms with van der Waals surface area (Å²) in [4.78, 5) is 26.2. The molecular formula is C26H16F2O2. The maximum Gasteiger partial charge on any atom is 0.193 e. The van der Waals surface area contributed by atoms with Crippen molar-refractivity contribution < 1.29 is 18.4 Å². The van der Waals surface area contributed by atoms with Gasteiger partial charge >= 0.3 is 0 Å². The van der Waals surface area contributed by atoms with E-state index in [9.17, 15) is 18.4 Å². The fourth-order valence-corrected chi connectivity index (χ4v) is 3.36. The van der Waals surface area contributed by atoms with Gasteiger partial charge in [-0.25, -0.2) is 8.78 Å². The van der Waals surface area contributed by atoms with Gasteiger partial charge in [0.1, 0.15) is 11.6 Å². The molecule has 0 saturated carbocycles. The molecule has 0 saturated heterocycles. The molecule has 0 fully saturated rings. The minimum absolute atomic E-state index is 0.169. The van der Waals surface area contributed by atoms with Crippen LogP contribution in [0.1, 0.15) is 31.8 Å². The van der Waals surface area contributed by atoms with Crippen molar-refractivity contribution in [1.82, 2.24) is 0 Å². The van der Waals surface area contributed by atoms with E-state index in [2.05, 4.69) is 0 Å². The summed E-state index contributed by atoms with van der Waals surface area (Å²) in [5.74, 6) is -1.85. The largest absolute Gasteiger partial charge is 0.289 e. The normalized spacial score (nSPS) is 10.6. The highest BCUT2D eigenvalue weighted by Gasteiger charge is 2.21. The van der Waals surface area contributed by atoms with Crippen LogP contribution < -0.4 is 0 Å². The van der Waals surface area contributed by atoms with Gasteiger partial charge in [-0.2, -0.15) is 0 Å². The van der Waals surface area contributed by atoms with E-state index >= 15 is 0 Å². The summed E-state index contributed by atoms with van der Waals surface area (Å²) in [5, 5.41) is 0. The summed E-state index contributed by atoms with van der Waals surface area (Å²) >= 11 is 0. The zero-order chi connectivity index (χ0) is 21.1. The first kappa shape index (κ1) is 19.4. The zero-order valence-electron chi connectivity index (χ0n) is 15.8. The highest BCUT2D eigenvalue weighted by Crippen LogP contribution is 2.32. The third-order valence-corrected chi connectivity index (χ3v) is 4.81. The molecule has 0 amide bonds. The Bertz CT molecular complexity index is 1130. The van der Waals surface area contributed by atoms with E-state index < -0.39 is 11.6 Å². The maximum atomic E-state index is 14.2. The molecule has 4 rings (SSSR count). The van der Waals surface area contributed by atoms with Crippen LogP contribution in [0.15, 0.2) is 97.1 Å². The van der Waals surface area contributed by atoms with Crippen LogP contribution in [0.25, 0.3) is 11.1 Å². The summed E-state index contributed by atoms with van der Waals surface area (Å²) in [6.45, 7) is 0. The molecule has 146 valence electrons. The van der Waals surface area contributed by atoms with Crippen LogP contribution in [0, 0.1) is 11.6 Å². The SMILES string of the molecule is O=C(c1ccccc1)c1ccc(F)cc1-c1cc(F)ccc1C(=O)c1ccccc1. The number of hydrogen-bond acceptors (Lipinski definition) is 2. The summed E-state index contributed by atoms with van der Waals surface area (Å²) < 4.78 is 28.3. The lowest BCUT2D eigenvalue weighted by Gasteiger charge is -2.14. The predicted octanol–water partition coefficient (Wildman–Crippen LogP) is 6.09. The Kier molecular flexibility index (Phi) is 5.31. The minimum atomic E-state index is -0.586. The third kappa shape index (κ3) is 3.80. The van der Waals surface area contributed by atoms with Gasteiger partial charge in [-0.05, 0) is 47.5 Å². The summed E-state index contributed by atoms with van der Waals surface area (Å²) in [6, 6.07) is 24.5. The fraction of sp³-hybridized carbons (Fsp3) is 0. The Balaban J connectivity index is 1.91. The van der Waals surface area contributed by atoms with Crippen LogP contribution >= 0.6 is 0 Å². The Morgan fingerprint density at radius 1 is 0.500 bits per heavy atom. The third-order valence-electron chi connectivity index (χ3n) is 4.81. The van der Waals surface area contributed by atoms with Gasteiger partial charge in [-0.3, -0.25) is 9.59 Å². The highest BCUT2D eigenvalue weighted by molar-refractivity contribution is 6.16.